The number of rotatable bonds is 5. The Morgan fingerprint density at radius 2 is 1.85 bits per heavy atom. The SMILES string of the molecule is C[C@@H](OC(=O)c1ccc(N2CCC[C@H](C(N)=O)C2)cc1)C(=O)NC(C)(C)C. The highest BCUT2D eigenvalue weighted by atomic mass is 16.5. The first-order valence-corrected chi connectivity index (χ1v) is 9.24. The fourth-order valence-corrected chi connectivity index (χ4v) is 3.01. The molecule has 2 amide bonds. The van der Waals surface area contributed by atoms with E-state index in [-0.39, 0.29) is 17.7 Å². The number of benzene rings is 1. The molecule has 27 heavy (non-hydrogen) atoms. The standard InChI is InChI=1S/C20H29N3O4/c1-13(18(25)22-20(2,3)4)27-19(26)14-7-9-16(10-8-14)23-11-5-6-15(12-23)17(21)24/h7-10,13,15H,5-6,11-12H2,1-4H3,(H2,21,24)(H,22,25)/t13-,15+/m1/s1. The maximum atomic E-state index is 12.3. The van der Waals surface area contributed by atoms with Crippen molar-refractivity contribution in [2.45, 2.75) is 52.2 Å². The Kier molecular flexibility index (Phi) is 6.46. The summed E-state index contributed by atoms with van der Waals surface area (Å²) in [5, 5.41) is 2.78. The van der Waals surface area contributed by atoms with E-state index >= 15 is 0 Å². The van der Waals surface area contributed by atoms with Gasteiger partial charge in [-0.1, -0.05) is 0 Å². The molecule has 1 aromatic carbocycles. The van der Waals surface area contributed by atoms with Crippen molar-refractivity contribution in [2.24, 2.45) is 11.7 Å². The average Bonchev–Trinajstić information content (AvgIpc) is 2.60. The van der Waals surface area contributed by atoms with Crippen molar-refractivity contribution >= 4 is 23.5 Å². The summed E-state index contributed by atoms with van der Waals surface area (Å²) < 4.78 is 5.25. The van der Waals surface area contributed by atoms with Crippen LogP contribution in [0, 0.1) is 5.92 Å². The molecule has 7 heteroatoms. The molecule has 0 radical (unpaired) electrons. The molecule has 0 bridgehead atoms. The van der Waals surface area contributed by atoms with Gasteiger partial charge in [-0.15, -0.1) is 0 Å². The summed E-state index contributed by atoms with van der Waals surface area (Å²) >= 11 is 0. The summed E-state index contributed by atoms with van der Waals surface area (Å²) in [6, 6.07) is 6.97. The van der Waals surface area contributed by atoms with Crippen molar-refractivity contribution in [3.05, 3.63) is 29.8 Å². The molecule has 0 spiro atoms. The van der Waals surface area contributed by atoms with Crippen molar-refractivity contribution in [2.75, 3.05) is 18.0 Å². The van der Waals surface area contributed by atoms with Gasteiger partial charge in [0.2, 0.25) is 5.91 Å². The smallest absolute Gasteiger partial charge is 0.338 e. The molecule has 0 aliphatic carbocycles. The highest BCUT2D eigenvalue weighted by Gasteiger charge is 2.25. The molecular weight excluding hydrogens is 346 g/mol. The number of esters is 1. The molecule has 1 fully saturated rings. The number of hydrogen-bond donors (Lipinski definition) is 2. The van der Waals surface area contributed by atoms with Gasteiger partial charge in [0.05, 0.1) is 11.5 Å². The Morgan fingerprint density at radius 3 is 2.41 bits per heavy atom. The molecule has 7 nitrogen and oxygen atoms in total. The summed E-state index contributed by atoms with van der Waals surface area (Å²) in [5.74, 6) is -1.31. The van der Waals surface area contributed by atoms with Crippen LogP contribution in [0.5, 0.6) is 0 Å². The number of carbonyl (C=O) groups excluding carboxylic acids is 3. The van der Waals surface area contributed by atoms with Gasteiger partial charge in [-0.05, 0) is 64.8 Å². The topological polar surface area (TPSA) is 102 Å². The zero-order valence-corrected chi connectivity index (χ0v) is 16.5. The van der Waals surface area contributed by atoms with Crippen molar-refractivity contribution < 1.29 is 19.1 Å². The summed E-state index contributed by atoms with van der Waals surface area (Å²) in [5.41, 5.74) is 6.33. The minimum atomic E-state index is -0.880. The lowest BCUT2D eigenvalue weighted by Crippen LogP contribution is -2.46. The van der Waals surface area contributed by atoms with Gasteiger partial charge in [0, 0.05) is 24.3 Å². The molecule has 0 saturated carbocycles. The van der Waals surface area contributed by atoms with Crippen LogP contribution in [0.2, 0.25) is 0 Å². The van der Waals surface area contributed by atoms with E-state index in [1.165, 1.54) is 0 Å². The average molecular weight is 375 g/mol. The van der Waals surface area contributed by atoms with E-state index in [1.54, 1.807) is 19.1 Å². The Morgan fingerprint density at radius 1 is 1.22 bits per heavy atom. The minimum absolute atomic E-state index is 0.148. The predicted molar refractivity (Wildman–Crippen MR) is 103 cm³/mol. The second-order valence-corrected chi connectivity index (χ2v) is 8.02. The highest BCUT2D eigenvalue weighted by molar-refractivity contribution is 5.92. The largest absolute Gasteiger partial charge is 0.449 e. The van der Waals surface area contributed by atoms with Crippen LogP contribution < -0.4 is 16.0 Å². The van der Waals surface area contributed by atoms with E-state index < -0.39 is 17.6 Å². The quantitative estimate of drug-likeness (QED) is 0.765. The molecule has 1 saturated heterocycles. The highest BCUT2D eigenvalue weighted by Crippen LogP contribution is 2.23. The van der Waals surface area contributed by atoms with E-state index in [9.17, 15) is 14.4 Å². The number of primary amides is 1. The van der Waals surface area contributed by atoms with Crippen LogP contribution in [0.3, 0.4) is 0 Å². The molecule has 2 atom stereocenters. The van der Waals surface area contributed by atoms with Crippen LogP contribution in [0.25, 0.3) is 0 Å². The van der Waals surface area contributed by atoms with E-state index in [0.717, 1.165) is 25.1 Å². The third-order valence-electron chi connectivity index (χ3n) is 4.44. The Labute approximate surface area is 160 Å². The maximum Gasteiger partial charge on any atom is 0.338 e. The zero-order valence-electron chi connectivity index (χ0n) is 16.5. The van der Waals surface area contributed by atoms with Crippen LogP contribution in [0.4, 0.5) is 5.69 Å². The predicted octanol–water partition coefficient (Wildman–Crippen LogP) is 1.85. The summed E-state index contributed by atoms with van der Waals surface area (Å²) in [6.07, 6.45) is 0.831. The van der Waals surface area contributed by atoms with E-state index in [2.05, 4.69) is 10.2 Å². The van der Waals surface area contributed by atoms with Crippen LogP contribution >= 0.6 is 0 Å². The maximum absolute atomic E-state index is 12.3. The van der Waals surface area contributed by atoms with Gasteiger partial charge in [-0.3, -0.25) is 9.59 Å². The Balaban J connectivity index is 1.97. The number of nitrogens with one attached hydrogen (secondary N) is 1. The number of amides is 2. The lowest BCUT2D eigenvalue weighted by atomic mass is 9.97. The first-order valence-electron chi connectivity index (χ1n) is 9.24. The normalized spacial score (nSPS) is 18.5. The molecule has 2 rings (SSSR count). The molecule has 0 aromatic heterocycles. The third-order valence-corrected chi connectivity index (χ3v) is 4.44. The number of piperidine rings is 1. The van der Waals surface area contributed by atoms with Crippen molar-refractivity contribution in [1.82, 2.24) is 5.32 Å². The van der Waals surface area contributed by atoms with Crippen molar-refractivity contribution in [3.63, 3.8) is 0 Å². The van der Waals surface area contributed by atoms with Gasteiger partial charge >= 0.3 is 5.97 Å². The second kappa shape index (κ2) is 8.41. The number of anilines is 1. The van der Waals surface area contributed by atoms with Crippen LogP contribution in [0.1, 0.15) is 50.9 Å². The van der Waals surface area contributed by atoms with Gasteiger partial charge in [0.1, 0.15) is 0 Å². The first kappa shape index (κ1) is 20.7. The van der Waals surface area contributed by atoms with Crippen molar-refractivity contribution in [3.8, 4) is 0 Å². The lowest BCUT2D eigenvalue weighted by Gasteiger charge is -2.33. The van der Waals surface area contributed by atoms with Gasteiger partial charge in [0.25, 0.3) is 5.91 Å². The van der Waals surface area contributed by atoms with Gasteiger partial charge in [-0.2, -0.15) is 0 Å². The molecule has 3 N–H and O–H groups in total. The fourth-order valence-electron chi connectivity index (χ4n) is 3.01. The molecule has 1 aliphatic heterocycles. The summed E-state index contributed by atoms with van der Waals surface area (Å²) in [7, 11) is 0. The number of nitrogens with two attached hydrogens (primary N) is 1. The number of nitrogens with zero attached hydrogens (tertiary/aromatic N) is 1. The number of ether oxygens (including phenoxy) is 1. The fraction of sp³-hybridized carbons (Fsp3) is 0.550. The second-order valence-electron chi connectivity index (χ2n) is 8.02. The van der Waals surface area contributed by atoms with Gasteiger partial charge in [0.15, 0.2) is 6.10 Å². The summed E-state index contributed by atoms with van der Waals surface area (Å²) in [6.45, 7) is 8.57. The minimum Gasteiger partial charge on any atom is -0.449 e. The van der Waals surface area contributed by atoms with Crippen LogP contribution in [0.15, 0.2) is 24.3 Å². The van der Waals surface area contributed by atoms with Crippen LogP contribution in [-0.4, -0.2) is 42.5 Å². The molecular formula is C20H29N3O4. The lowest BCUT2D eigenvalue weighted by molar-refractivity contribution is -0.130. The molecule has 1 aliphatic rings. The van der Waals surface area contributed by atoms with Crippen LogP contribution in [-0.2, 0) is 14.3 Å². The first-order chi connectivity index (χ1) is 12.6. The van der Waals surface area contributed by atoms with Gasteiger partial charge in [-0.25, -0.2) is 4.79 Å². The molecule has 148 valence electrons. The Hall–Kier alpha value is -2.57. The number of carbonyl (C=O) groups is 3. The zero-order chi connectivity index (χ0) is 20.2. The van der Waals surface area contributed by atoms with Gasteiger partial charge < -0.3 is 20.7 Å². The Bertz CT molecular complexity index is 694. The monoisotopic (exact) mass is 375 g/mol. The molecule has 1 heterocycles. The third kappa shape index (κ3) is 5.98. The van der Waals surface area contributed by atoms with E-state index in [0.29, 0.717) is 12.1 Å². The van der Waals surface area contributed by atoms with E-state index in [1.807, 2.05) is 32.9 Å². The molecule has 1 aromatic rings. The number of hydrogen-bond acceptors (Lipinski definition) is 5. The summed E-state index contributed by atoms with van der Waals surface area (Å²) in [4.78, 5) is 37.8. The van der Waals surface area contributed by atoms with Crippen molar-refractivity contribution in [1.29, 1.82) is 0 Å². The molecule has 0 unspecified atom stereocenters. The van der Waals surface area contributed by atoms with E-state index in [4.69, 9.17) is 10.5 Å².